The van der Waals surface area contributed by atoms with E-state index in [0.29, 0.717) is 30.4 Å². The van der Waals surface area contributed by atoms with Crippen molar-refractivity contribution in [1.82, 2.24) is 4.90 Å². The number of aliphatic hydroxyl groups excluding tert-OH is 1. The van der Waals surface area contributed by atoms with Crippen molar-refractivity contribution in [3.05, 3.63) is 59.7 Å². The highest BCUT2D eigenvalue weighted by Gasteiger charge is 2.73. The Labute approximate surface area is 381 Å². The number of ether oxygens (including phenoxy) is 9. The lowest BCUT2D eigenvalue weighted by atomic mass is 9.81. The minimum absolute atomic E-state index is 0.0142. The van der Waals surface area contributed by atoms with E-state index in [1.54, 1.807) is 31.4 Å². The summed E-state index contributed by atoms with van der Waals surface area (Å²) in [6.07, 6.45) is 4.87. The number of fused-ring (bicyclic) bond motifs is 7. The van der Waals surface area contributed by atoms with Gasteiger partial charge in [0.2, 0.25) is 0 Å². The molecule has 354 valence electrons. The number of rotatable bonds is 5. The molecule has 14 heteroatoms. The molecule has 5 unspecified atom stereocenters. The third kappa shape index (κ3) is 8.03. The molecular weight excluding hydrogens is 835 g/mol. The van der Waals surface area contributed by atoms with Crippen molar-refractivity contribution < 1.29 is 62.1 Å². The van der Waals surface area contributed by atoms with Gasteiger partial charge >= 0.3 is 0 Å². The molecule has 11 aliphatic heterocycles. The predicted octanol–water partition coefficient (Wildman–Crippen LogP) is 5.95. The number of benzene rings is 1. The minimum atomic E-state index is -1.10. The zero-order valence-electron chi connectivity index (χ0n) is 38.1. The number of carbonyl (C=O) groups is 3. The number of methoxy groups -OCH3 is 1. The van der Waals surface area contributed by atoms with E-state index in [1.807, 2.05) is 0 Å². The summed E-state index contributed by atoms with van der Waals surface area (Å²) >= 11 is 0. The van der Waals surface area contributed by atoms with E-state index in [1.165, 1.54) is 0 Å². The van der Waals surface area contributed by atoms with Gasteiger partial charge < -0.3 is 47.7 Å². The Kier molecular flexibility index (Phi) is 11.8. The number of ketones is 1. The first-order chi connectivity index (χ1) is 31.3. The Morgan fingerprint density at radius 3 is 2.31 bits per heavy atom. The van der Waals surface area contributed by atoms with Gasteiger partial charge in [-0.25, -0.2) is 0 Å². The summed E-state index contributed by atoms with van der Waals surface area (Å²) < 4.78 is 61.0. The smallest absolute Gasteiger partial charge is 0.261 e. The van der Waals surface area contributed by atoms with Crippen molar-refractivity contribution in [1.29, 1.82) is 0 Å². The lowest BCUT2D eigenvalue weighted by molar-refractivity contribution is -0.293. The average Bonchev–Trinajstić information content (AvgIpc) is 3.98. The fourth-order valence-corrected chi connectivity index (χ4v) is 13.7. The molecule has 65 heavy (non-hydrogen) atoms. The molecule has 11 aliphatic rings. The zero-order valence-corrected chi connectivity index (χ0v) is 38.1. The summed E-state index contributed by atoms with van der Waals surface area (Å²) in [6.45, 7) is 13.1. The number of aliphatic hydroxyl groups is 1. The highest BCUT2D eigenvalue weighted by molar-refractivity contribution is 6.21. The monoisotopic (exact) mass is 901 g/mol. The number of imide groups is 1. The highest BCUT2D eigenvalue weighted by Crippen LogP contribution is 2.58. The van der Waals surface area contributed by atoms with E-state index >= 15 is 0 Å². The van der Waals surface area contributed by atoms with Crippen LogP contribution in [0.2, 0.25) is 0 Å². The quantitative estimate of drug-likeness (QED) is 0.274. The van der Waals surface area contributed by atoms with E-state index in [2.05, 4.69) is 27.0 Å². The average molecular weight is 902 g/mol. The summed E-state index contributed by atoms with van der Waals surface area (Å²) in [5, 5.41) is 11.5. The van der Waals surface area contributed by atoms with E-state index in [-0.39, 0.29) is 104 Å². The first-order valence-electron chi connectivity index (χ1n) is 24.6. The molecule has 0 aliphatic carbocycles. The number of amides is 2. The Morgan fingerprint density at radius 2 is 1.52 bits per heavy atom. The molecule has 11 heterocycles. The molecular formula is C51H67NO13. The topological polar surface area (TPSA) is 158 Å². The number of β-amino-alcohol motifs (C(OH)–C–C–N with tert-alkyl or cyclic N) is 1. The molecule has 1 aromatic rings. The van der Waals surface area contributed by atoms with Crippen molar-refractivity contribution in [2.24, 2.45) is 11.8 Å². The first kappa shape index (κ1) is 44.6. The molecule has 2 amide bonds. The molecule has 14 nitrogen and oxygen atoms in total. The maximum Gasteiger partial charge on any atom is 0.261 e. The van der Waals surface area contributed by atoms with Gasteiger partial charge in [0.15, 0.2) is 5.79 Å². The van der Waals surface area contributed by atoms with Gasteiger partial charge in [0.05, 0.1) is 78.7 Å². The Bertz CT molecular complexity index is 2030. The third-order valence-electron chi connectivity index (χ3n) is 16.8. The van der Waals surface area contributed by atoms with Crippen LogP contribution in [0, 0.1) is 11.8 Å². The van der Waals surface area contributed by atoms with Crippen LogP contribution in [-0.4, -0.2) is 144 Å². The van der Waals surface area contributed by atoms with Crippen LogP contribution in [0.5, 0.6) is 0 Å². The molecule has 0 saturated carbocycles. The fourth-order valence-electron chi connectivity index (χ4n) is 13.7. The summed E-state index contributed by atoms with van der Waals surface area (Å²) in [5.74, 6) is -1.78. The van der Waals surface area contributed by atoms with Gasteiger partial charge in [-0.3, -0.25) is 19.3 Å². The van der Waals surface area contributed by atoms with Crippen molar-refractivity contribution in [3.8, 4) is 0 Å². The number of Topliss-reactive ketones (excluding diaryl/α,β-unsaturated/α-hetero) is 1. The van der Waals surface area contributed by atoms with Crippen molar-refractivity contribution in [2.75, 3.05) is 13.7 Å². The molecule has 1 N–H and O–H groups in total. The van der Waals surface area contributed by atoms with E-state index in [4.69, 9.17) is 42.6 Å². The standard InChI is InChI=1S/C51H67NO13/c1-26-18-32-13-15-37-27(2)19-31(58-37)10-8-9-17-51-25-50(4)47(65-51)46-45(63-50)44(64-51)43-38(62-46)16-14-33(60-43)20-29(53)21-36-40(23-39(59-32)28(26)3)61-41(42(36)57-5)22-30(54)24-52-48(55)34-11-6-7-12-35(34)49(52)56/h6-7,11-12,26,30-33,36-47,54H,2-3,8-10,13-25H2,1,4-5H3/t26-,30+,31+,32+,33?,36+,37?,38+,39-,40+,41?,42-,43+,44?,45+,46-,47?,50+,51-/m1/s1. The summed E-state index contributed by atoms with van der Waals surface area (Å²) in [5.41, 5.74) is 2.29. The molecule has 10 fully saturated rings. The van der Waals surface area contributed by atoms with Crippen LogP contribution in [-0.2, 0) is 47.4 Å². The first-order valence-corrected chi connectivity index (χ1v) is 24.6. The number of carbonyl (C=O) groups excluding carboxylic acids is 3. The Morgan fingerprint density at radius 1 is 0.785 bits per heavy atom. The molecule has 1 spiro atoms. The van der Waals surface area contributed by atoms with Crippen LogP contribution < -0.4 is 0 Å². The van der Waals surface area contributed by atoms with E-state index in [0.717, 1.165) is 73.8 Å². The zero-order chi connectivity index (χ0) is 44.9. The Balaban J connectivity index is 0.845. The molecule has 0 aromatic heterocycles. The van der Waals surface area contributed by atoms with Crippen molar-refractivity contribution in [2.45, 2.75) is 213 Å². The van der Waals surface area contributed by atoms with Crippen LogP contribution >= 0.6 is 0 Å². The van der Waals surface area contributed by atoms with Crippen LogP contribution in [0.25, 0.3) is 0 Å². The van der Waals surface area contributed by atoms with Gasteiger partial charge in [-0.2, -0.15) is 0 Å². The van der Waals surface area contributed by atoms with Crippen LogP contribution in [0.15, 0.2) is 48.6 Å². The van der Waals surface area contributed by atoms with E-state index in [9.17, 15) is 19.5 Å². The fraction of sp³-hybridized carbons (Fsp3) is 0.745. The van der Waals surface area contributed by atoms with Crippen LogP contribution in [0.4, 0.5) is 0 Å². The molecule has 19 atom stereocenters. The lowest BCUT2D eigenvalue weighted by Gasteiger charge is -2.47. The van der Waals surface area contributed by atoms with Gasteiger partial charge in [-0.1, -0.05) is 38.6 Å². The van der Waals surface area contributed by atoms with Gasteiger partial charge in [0.25, 0.3) is 11.8 Å². The van der Waals surface area contributed by atoms with E-state index < -0.39 is 53.7 Å². The van der Waals surface area contributed by atoms with Gasteiger partial charge in [0.1, 0.15) is 41.9 Å². The minimum Gasteiger partial charge on any atom is -0.391 e. The number of nitrogens with zero attached hydrogens (tertiary/aromatic N) is 1. The molecule has 1 aromatic carbocycles. The molecule has 12 bridgehead atoms. The summed E-state index contributed by atoms with van der Waals surface area (Å²) in [7, 11) is 1.61. The molecule has 12 rings (SSSR count). The van der Waals surface area contributed by atoms with Crippen molar-refractivity contribution >= 4 is 17.6 Å². The molecule has 10 saturated heterocycles. The molecule has 0 radical (unpaired) electrons. The van der Waals surface area contributed by atoms with Gasteiger partial charge in [-0.15, -0.1) is 0 Å². The normalized spacial score (nSPS) is 46.7. The Hall–Kier alpha value is -2.89. The van der Waals surface area contributed by atoms with Crippen molar-refractivity contribution in [3.63, 3.8) is 0 Å². The second-order valence-electron chi connectivity index (χ2n) is 21.3. The maximum absolute atomic E-state index is 14.4. The number of hydrogen-bond donors (Lipinski definition) is 1. The second kappa shape index (κ2) is 17.3. The maximum atomic E-state index is 14.4. The summed E-state index contributed by atoms with van der Waals surface area (Å²) in [4.78, 5) is 42.0. The predicted molar refractivity (Wildman–Crippen MR) is 233 cm³/mol. The second-order valence-corrected chi connectivity index (χ2v) is 21.3. The number of hydrogen-bond acceptors (Lipinski definition) is 13. The highest BCUT2D eigenvalue weighted by atomic mass is 16.8. The largest absolute Gasteiger partial charge is 0.391 e. The summed E-state index contributed by atoms with van der Waals surface area (Å²) in [6, 6.07) is 6.69. The lowest BCUT2D eigenvalue weighted by Crippen LogP contribution is -2.61. The third-order valence-corrected chi connectivity index (χ3v) is 16.8. The van der Waals surface area contributed by atoms with Gasteiger partial charge in [-0.05, 0) is 87.5 Å². The SMILES string of the molecule is C=C1C[C@@H]2CCCC[C@@]34C[C@]5(C)O[C@H]6C(O3)[C@H]3OC(CC[C@@H]3O[C@H]6C5O4)CC(=O)C[C@H]3[C@H](C[C@H]4O[C@@H](CCC1O2)C[C@@H](C)C4=C)OC(C[C@H](O)CN1C(=O)c2ccccc2C1=O)[C@@H]3OC. The van der Waals surface area contributed by atoms with Crippen LogP contribution in [0.1, 0.15) is 131 Å². The van der Waals surface area contributed by atoms with Gasteiger partial charge in [0, 0.05) is 51.6 Å². The van der Waals surface area contributed by atoms with Crippen LogP contribution in [0.3, 0.4) is 0 Å².